The number of aryl methyl sites for hydroxylation is 2. The van der Waals surface area contributed by atoms with Crippen LogP contribution in [-0.4, -0.2) is 14.8 Å². The van der Waals surface area contributed by atoms with Crippen LogP contribution in [0.2, 0.25) is 0 Å². The molecule has 0 N–H and O–H groups in total. The summed E-state index contributed by atoms with van der Waals surface area (Å²) in [4.78, 5) is 4.37. The second-order valence-corrected chi connectivity index (χ2v) is 4.86. The van der Waals surface area contributed by atoms with Crippen molar-refractivity contribution < 1.29 is 0 Å². The first-order valence-electron chi connectivity index (χ1n) is 5.42. The van der Waals surface area contributed by atoms with Crippen LogP contribution in [0.15, 0.2) is 29.0 Å². The Morgan fingerprint density at radius 1 is 1.38 bits per heavy atom. The van der Waals surface area contributed by atoms with Crippen molar-refractivity contribution in [2.75, 3.05) is 0 Å². The molecule has 1 atom stereocenters. The van der Waals surface area contributed by atoms with E-state index in [1.807, 2.05) is 4.68 Å². The first-order valence-corrected chi connectivity index (χ1v) is 6.21. The molecule has 0 spiro atoms. The molecule has 0 aliphatic carbocycles. The molecule has 0 saturated carbocycles. The normalized spacial score (nSPS) is 18.8. The highest BCUT2D eigenvalue weighted by molar-refractivity contribution is 9.10. The summed E-state index contributed by atoms with van der Waals surface area (Å²) in [6.45, 7) is 2.15. The van der Waals surface area contributed by atoms with Crippen molar-refractivity contribution in [1.82, 2.24) is 14.8 Å². The number of fused-ring (bicyclic) bond motifs is 1. The Bertz CT molecular complexity index is 533. The Morgan fingerprint density at radius 3 is 3.00 bits per heavy atom. The van der Waals surface area contributed by atoms with E-state index in [-0.39, 0.29) is 0 Å². The number of halogens is 1. The van der Waals surface area contributed by atoms with Crippen LogP contribution in [0.5, 0.6) is 0 Å². The van der Waals surface area contributed by atoms with E-state index in [9.17, 15) is 0 Å². The number of hydrogen-bond donors (Lipinski definition) is 0. The van der Waals surface area contributed by atoms with Crippen LogP contribution in [-0.2, 0) is 6.42 Å². The predicted molar refractivity (Wildman–Crippen MR) is 65.4 cm³/mol. The summed E-state index contributed by atoms with van der Waals surface area (Å²) in [7, 11) is 0. The van der Waals surface area contributed by atoms with Gasteiger partial charge < -0.3 is 0 Å². The van der Waals surface area contributed by atoms with Crippen molar-refractivity contribution in [3.63, 3.8) is 0 Å². The minimum Gasteiger partial charge on any atom is -0.241 e. The largest absolute Gasteiger partial charge is 0.241 e. The fourth-order valence-electron chi connectivity index (χ4n) is 2.38. The molecule has 0 fully saturated rings. The maximum atomic E-state index is 4.41. The van der Waals surface area contributed by atoms with E-state index < -0.39 is 0 Å². The van der Waals surface area contributed by atoms with Gasteiger partial charge in [0.1, 0.15) is 5.82 Å². The monoisotopic (exact) mass is 277 g/mol. The Kier molecular flexibility index (Phi) is 2.32. The minimum absolute atomic E-state index is 0.356. The zero-order chi connectivity index (χ0) is 11.1. The van der Waals surface area contributed by atoms with Crippen molar-refractivity contribution in [2.45, 2.75) is 25.8 Å². The maximum Gasteiger partial charge on any atom is 0.217 e. The highest BCUT2D eigenvalue weighted by atomic mass is 79.9. The van der Waals surface area contributed by atoms with Crippen LogP contribution in [0.3, 0.4) is 0 Å². The molecule has 0 radical (unpaired) electrons. The molecule has 4 heteroatoms. The number of benzene rings is 1. The molecular formula is C12H12BrN3. The fourth-order valence-corrected chi connectivity index (χ4v) is 2.76. The summed E-state index contributed by atoms with van der Waals surface area (Å²) in [5.41, 5.74) is 2.69. The van der Waals surface area contributed by atoms with Gasteiger partial charge in [0.05, 0.1) is 6.04 Å². The predicted octanol–water partition coefficient (Wildman–Crippen LogP) is 2.88. The molecule has 1 aromatic carbocycles. The lowest BCUT2D eigenvalue weighted by Gasteiger charge is -2.14. The second kappa shape index (κ2) is 3.70. The van der Waals surface area contributed by atoms with Gasteiger partial charge in [0.15, 0.2) is 0 Å². The highest BCUT2D eigenvalue weighted by Gasteiger charge is 2.27. The Hall–Kier alpha value is -1.16. The summed E-state index contributed by atoms with van der Waals surface area (Å²) >= 11 is 3.33. The Balaban J connectivity index is 2.07. The van der Waals surface area contributed by atoms with Crippen LogP contribution >= 0.6 is 15.9 Å². The zero-order valence-corrected chi connectivity index (χ0v) is 10.6. The maximum absolute atomic E-state index is 4.41. The molecule has 1 unspecified atom stereocenters. The molecule has 1 aliphatic rings. The van der Waals surface area contributed by atoms with E-state index >= 15 is 0 Å². The fraction of sp³-hybridized carbons (Fsp3) is 0.333. The van der Waals surface area contributed by atoms with Crippen LogP contribution in [0.25, 0.3) is 0 Å². The lowest BCUT2D eigenvalue weighted by molar-refractivity contribution is 0.549. The second-order valence-electron chi connectivity index (χ2n) is 4.15. The van der Waals surface area contributed by atoms with E-state index in [0.717, 1.165) is 18.7 Å². The average molecular weight is 278 g/mol. The van der Waals surface area contributed by atoms with Gasteiger partial charge in [-0.2, -0.15) is 0 Å². The topological polar surface area (TPSA) is 30.7 Å². The van der Waals surface area contributed by atoms with Crippen molar-refractivity contribution in [3.05, 3.63) is 46.0 Å². The first-order chi connectivity index (χ1) is 7.75. The molecule has 16 heavy (non-hydrogen) atoms. The molecule has 2 aromatic rings. The lowest BCUT2D eigenvalue weighted by Crippen LogP contribution is -2.08. The Morgan fingerprint density at radius 2 is 2.19 bits per heavy atom. The van der Waals surface area contributed by atoms with Gasteiger partial charge in [-0.3, -0.25) is 0 Å². The van der Waals surface area contributed by atoms with Crippen molar-refractivity contribution in [1.29, 1.82) is 0 Å². The van der Waals surface area contributed by atoms with E-state index in [1.54, 1.807) is 0 Å². The van der Waals surface area contributed by atoms with E-state index in [1.165, 1.54) is 11.1 Å². The summed E-state index contributed by atoms with van der Waals surface area (Å²) in [6.07, 6.45) is 2.12. The molecule has 3 rings (SSSR count). The molecule has 0 amide bonds. The molecule has 1 aromatic heterocycles. The molecule has 82 valence electrons. The van der Waals surface area contributed by atoms with E-state index in [4.69, 9.17) is 0 Å². The summed E-state index contributed by atoms with van der Waals surface area (Å²) in [5, 5.41) is 4.41. The molecule has 1 aliphatic heterocycles. The minimum atomic E-state index is 0.356. The molecular weight excluding hydrogens is 266 g/mol. The zero-order valence-electron chi connectivity index (χ0n) is 9.02. The van der Waals surface area contributed by atoms with Gasteiger partial charge in [-0.15, -0.1) is 5.10 Å². The highest BCUT2D eigenvalue weighted by Crippen LogP contribution is 2.32. The van der Waals surface area contributed by atoms with Crippen molar-refractivity contribution in [2.24, 2.45) is 0 Å². The summed E-state index contributed by atoms with van der Waals surface area (Å²) < 4.78 is 2.74. The number of aromatic nitrogens is 3. The van der Waals surface area contributed by atoms with Gasteiger partial charge in [0.25, 0.3) is 0 Å². The SMILES string of the molecule is Cc1ccccc1C1CCc2nc(Br)nn21. The van der Waals surface area contributed by atoms with Crippen LogP contribution in [0.1, 0.15) is 29.4 Å². The third-order valence-corrected chi connectivity index (χ3v) is 3.50. The summed E-state index contributed by atoms with van der Waals surface area (Å²) in [6, 6.07) is 8.86. The molecule has 0 bridgehead atoms. The van der Waals surface area contributed by atoms with E-state index in [2.05, 4.69) is 57.2 Å². The average Bonchev–Trinajstić information content (AvgIpc) is 2.78. The van der Waals surface area contributed by atoms with Crippen LogP contribution in [0.4, 0.5) is 0 Å². The standard InChI is InChI=1S/C12H12BrN3/c1-8-4-2-3-5-9(8)10-6-7-11-14-12(13)15-16(10)11/h2-5,10H,6-7H2,1H3. The third-order valence-electron chi connectivity index (χ3n) is 3.16. The summed E-state index contributed by atoms with van der Waals surface area (Å²) in [5.74, 6) is 1.08. The number of hydrogen-bond acceptors (Lipinski definition) is 2. The number of nitrogens with zero attached hydrogens (tertiary/aromatic N) is 3. The van der Waals surface area contributed by atoms with E-state index in [0.29, 0.717) is 10.8 Å². The molecule has 2 heterocycles. The van der Waals surface area contributed by atoms with Gasteiger partial charge in [-0.05, 0) is 40.4 Å². The van der Waals surface area contributed by atoms with Crippen LogP contribution in [0, 0.1) is 6.92 Å². The number of rotatable bonds is 1. The van der Waals surface area contributed by atoms with Crippen LogP contribution < -0.4 is 0 Å². The van der Waals surface area contributed by atoms with Gasteiger partial charge in [0.2, 0.25) is 4.73 Å². The molecule has 0 saturated heterocycles. The van der Waals surface area contributed by atoms with Gasteiger partial charge in [0, 0.05) is 6.42 Å². The lowest BCUT2D eigenvalue weighted by atomic mass is 10.00. The Labute approximate surface area is 103 Å². The molecule has 3 nitrogen and oxygen atoms in total. The van der Waals surface area contributed by atoms with Gasteiger partial charge in [-0.25, -0.2) is 9.67 Å². The quantitative estimate of drug-likeness (QED) is 0.803. The van der Waals surface area contributed by atoms with Gasteiger partial charge >= 0.3 is 0 Å². The van der Waals surface area contributed by atoms with Gasteiger partial charge in [-0.1, -0.05) is 24.3 Å². The first kappa shape index (κ1) is 10.0. The smallest absolute Gasteiger partial charge is 0.217 e. The third kappa shape index (κ3) is 1.48. The van der Waals surface area contributed by atoms with Crippen molar-refractivity contribution in [3.8, 4) is 0 Å². The van der Waals surface area contributed by atoms with Crippen molar-refractivity contribution >= 4 is 15.9 Å².